The summed E-state index contributed by atoms with van der Waals surface area (Å²) in [6, 6.07) is 0. The first-order valence-corrected chi connectivity index (χ1v) is 4.48. The minimum absolute atomic E-state index is 0.389. The molecule has 0 aromatic carbocycles. The largest absolute Gasteiger partial charge is 0.481 e. The monoisotopic (exact) mass is 182 g/mol. The summed E-state index contributed by atoms with van der Waals surface area (Å²) >= 11 is 0. The molecule has 13 heavy (non-hydrogen) atoms. The van der Waals surface area contributed by atoms with Crippen molar-refractivity contribution in [2.75, 3.05) is 0 Å². The molecule has 0 aromatic heterocycles. The molecule has 0 aromatic rings. The van der Waals surface area contributed by atoms with Gasteiger partial charge in [0, 0.05) is 6.42 Å². The molecule has 1 aliphatic carbocycles. The van der Waals surface area contributed by atoms with Gasteiger partial charge in [-0.15, -0.1) is 12.3 Å². The highest BCUT2D eigenvalue weighted by Gasteiger charge is 2.47. The number of hydrogen-bond acceptors (Lipinski definition) is 2. The van der Waals surface area contributed by atoms with Gasteiger partial charge in [0.15, 0.2) is 0 Å². The highest BCUT2D eigenvalue weighted by atomic mass is 16.4. The molecular formula is C10H14O3. The average Bonchev–Trinajstić information content (AvgIpc) is 2.45. The number of aliphatic hydroxyl groups excluding tert-OH is 1. The summed E-state index contributed by atoms with van der Waals surface area (Å²) in [4.78, 5) is 11.0. The van der Waals surface area contributed by atoms with E-state index >= 15 is 0 Å². The van der Waals surface area contributed by atoms with E-state index in [-0.39, 0.29) is 0 Å². The molecule has 0 radical (unpaired) electrons. The van der Waals surface area contributed by atoms with Gasteiger partial charge in [0.25, 0.3) is 0 Å². The van der Waals surface area contributed by atoms with Gasteiger partial charge in [0.1, 0.15) is 0 Å². The van der Waals surface area contributed by atoms with E-state index in [0.29, 0.717) is 25.7 Å². The van der Waals surface area contributed by atoms with Crippen LogP contribution in [0.2, 0.25) is 0 Å². The summed E-state index contributed by atoms with van der Waals surface area (Å²) in [7, 11) is 0. The third-order valence-corrected chi connectivity index (χ3v) is 2.88. The van der Waals surface area contributed by atoms with E-state index < -0.39 is 17.5 Å². The highest BCUT2D eigenvalue weighted by molar-refractivity contribution is 5.75. The Morgan fingerprint density at radius 3 is 2.77 bits per heavy atom. The van der Waals surface area contributed by atoms with Crippen molar-refractivity contribution >= 4 is 5.97 Å². The van der Waals surface area contributed by atoms with Gasteiger partial charge in [-0.05, 0) is 25.7 Å². The fourth-order valence-electron chi connectivity index (χ4n) is 2.00. The number of hydrogen-bond donors (Lipinski definition) is 2. The molecular weight excluding hydrogens is 168 g/mol. The number of aliphatic hydroxyl groups is 1. The van der Waals surface area contributed by atoms with Gasteiger partial charge < -0.3 is 10.2 Å². The van der Waals surface area contributed by atoms with Crippen molar-refractivity contribution < 1.29 is 15.0 Å². The molecule has 3 heteroatoms. The van der Waals surface area contributed by atoms with Crippen LogP contribution in [-0.4, -0.2) is 22.3 Å². The van der Waals surface area contributed by atoms with E-state index in [2.05, 4.69) is 5.92 Å². The first kappa shape index (κ1) is 10.1. The highest BCUT2D eigenvalue weighted by Crippen LogP contribution is 2.42. The van der Waals surface area contributed by atoms with Gasteiger partial charge in [0.05, 0.1) is 11.5 Å². The molecule has 1 aliphatic rings. The second kappa shape index (κ2) is 3.80. The lowest BCUT2D eigenvalue weighted by atomic mass is 9.80. The zero-order valence-electron chi connectivity index (χ0n) is 7.49. The van der Waals surface area contributed by atoms with Gasteiger partial charge in [-0.2, -0.15) is 0 Å². The lowest BCUT2D eigenvalue weighted by Gasteiger charge is -2.26. The van der Waals surface area contributed by atoms with Crippen molar-refractivity contribution in [1.82, 2.24) is 0 Å². The Kier molecular flexibility index (Phi) is 2.94. The topological polar surface area (TPSA) is 57.5 Å². The lowest BCUT2D eigenvalue weighted by molar-refractivity contribution is -0.155. The smallest absolute Gasteiger partial charge is 0.312 e. The normalized spacial score (nSPS) is 32.8. The maximum absolute atomic E-state index is 11.0. The van der Waals surface area contributed by atoms with Gasteiger partial charge in [0.2, 0.25) is 0 Å². The summed E-state index contributed by atoms with van der Waals surface area (Å²) in [5, 5.41) is 18.6. The van der Waals surface area contributed by atoms with Gasteiger partial charge >= 0.3 is 5.97 Å². The molecule has 0 spiro atoms. The maximum atomic E-state index is 11.0. The number of carboxylic acids is 1. The Morgan fingerprint density at radius 1 is 1.69 bits per heavy atom. The summed E-state index contributed by atoms with van der Waals surface area (Å²) in [5.74, 6) is 1.51. The number of terminal acetylenes is 1. The first-order chi connectivity index (χ1) is 6.13. The van der Waals surface area contributed by atoms with E-state index in [1.165, 1.54) is 0 Å². The molecule has 2 atom stereocenters. The van der Waals surface area contributed by atoms with Crippen molar-refractivity contribution in [1.29, 1.82) is 0 Å². The van der Waals surface area contributed by atoms with Gasteiger partial charge in [-0.1, -0.05) is 0 Å². The van der Waals surface area contributed by atoms with Crippen LogP contribution >= 0.6 is 0 Å². The van der Waals surface area contributed by atoms with Crippen molar-refractivity contribution in [3.63, 3.8) is 0 Å². The number of aliphatic carboxylic acids is 1. The molecule has 1 rings (SSSR count). The average molecular weight is 182 g/mol. The van der Waals surface area contributed by atoms with Crippen molar-refractivity contribution in [2.45, 2.75) is 38.2 Å². The number of carboxylic acid groups (broad SMARTS) is 1. The summed E-state index contributed by atoms with van der Waals surface area (Å²) < 4.78 is 0. The minimum Gasteiger partial charge on any atom is -0.481 e. The maximum Gasteiger partial charge on any atom is 0.312 e. The van der Waals surface area contributed by atoms with Crippen molar-refractivity contribution in [2.24, 2.45) is 5.41 Å². The Balaban J connectivity index is 2.76. The SMILES string of the molecule is C#CCCC1(C(=O)O)CCCC1O. The van der Waals surface area contributed by atoms with E-state index in [9.17, 15) is 9.90 Å². The molecule has 0 amide bonds. The Hall–Kier alpha value is -1.01. The lowest BCUT2D eigenvalue weighted by Crippen LogP contribution is -2.38. The van der Waals surface area contributed by atoms with Gasteiger partial charge in [-0.3, -0.25) is 4.79 Å². The molecule has 2 unspecified atom stereocenters. The molecule has 0 saturated heterocycles. The van der Waals surface area contributed by atoms with Crippen LogP contribution in [0.15, 0.2) is 0 Å². The summed E-state index contributed by atoms with van der Waals surface area (Å²) in [6.07, 6.45) is 7.07. The van der Waals surface area contributed by atoms with Crippen LogP contribution in [-0.2, 0) is 4.79 Å². The number of carbonyl (C=O) groups is 1. The van der Waals surface area contributed by atoms with Crippen LogP contribution in [0.25, 0.3) is 0 Å². The van der Waals surface area contributed by atoms with Crippen LogP contribution in [0.1, 0.15) is 32.1 Å². The van der Waals surface area contributed by atoms with E-state index in [1.807, 2.05) is 0 Å². The van der Waals surface area contributed by atoms with Crippen LogP contribution < -0.4 is 0 Å². The van der Waals surface area contributed by atoms with E-state index in [0.717, 1.165) is 6.42 Å². The molecule has 72 valence electrons. The third-order valence-electron chi connectivity index (χ3n) is 2.88. The summed E-state index contributed by atoms with van der Waals surface area (Å²) in [6.45, 7) is 0. The first-order valence-electron chi connectivity index (χ1n) is 4.48. The Morgan fingerprint density at radius 2 is 2.38 bits per heavy atom. The zero-order valence-corrected chi connectivity index (χ0v) is 7.49. The van der Waals surface area contributed by atoms with Crippen LogP contribution in [0.5, 0.6) is 0 Å². The van der Waals surface area contributed by atoms with Crippen LogP contribution in [0.4, 0.5) is 0 Å². The minimum atomic E-state index is -0.966. The van der Waals surface area contributed by atoms with Crippen LogP contribution in [0, 0.1) is 17.8 Å². The third kappa shape index (κ3) is 1.68. The van der Waals surface area contributed by atoms with Crippen LogP contribution in [0.3, 0.4) is 0 Å². The second-order valence-electron chi connectivity index (χ2n) is 3.57. The molecule has 1 fully saturated rings. The Labute approximate surface area is 77.8 Å². The Bertz CT molecular complexity index is 241. The predicted molar refractivity (Wildman–Crippen MR) is 48.0 cm³/mol. The predicted octanol–water partition coefficient (Wildman–Crippen LogP) is 1.02. The zero-order chi connectivity index (χ0) is 9.90. The molecule has 0 aliphatic heterocycles. The molecule has 1 saturated carbocycles. The van der Waals surface area contributed by atoms with Gasteiger partial charge in [-0.25, -0.2) is 0 Å². The molecule has 0 heterocycles. The fourth-order valence-corrected chi connectivity index (χ4v) is 2.00. The van der Waals surface area contributed by atoms with Crippen molar-refractivity contribution in [3.05, 3.63) is 0 Å². The molecule has 3 nitrogen and oxygen atoms in total. The van der Waals surface area contributed by atoms with Crippen molar-refractivity contribution in [3.8, 4) is 12.3 Å². The quantitative estimate of drug-likeness (QED) is 0.640. The number of rotatable bonds is 3. The standard InChI is InChI=1S/C10H14O3/c1-2-3-6-10(9(12)13)7-4-5-8(10)11/h1,8,11H,3-7H2,(H,12,13). The molecule has 0 bridgehead atoms. The summed E-state index contributed by atoms with van der Waals surface area (Å²) in [5.41, 5.74) is -0.966. The molecule has 2 N–H and O–H groups in total. The van der Waals surface area contributed by atoms with E-state index in [4.69, 9.17) is 11.5 Å². The second-order valence-corrected chi connectivity index (χ2v) is 3.57. The van der Waals surface area contributed by atoms with E-state index in [1.54, 1.807) is 0 Å². The fraction of sp³-hybridized carbons (Fsp3) is 0.700.